The summed E-state index contributed by atoms with van der Waals surface area (Å²) < 4.78 is 0. The van der Waals surface area contributed by atoms with E-state index in [1.807, 2.05) is 54.4 Å². The van der Waals surface area contributed by atoms with Crippen molar-refractivity contribution in [2.75, 3.05) is 31.6 Å². The maximum Gasteiger partial charge on any atom is 0.251 e. The van der Waals surface area contributed by atoms with Gasteiger partial charge in [0.05, 0.1) is 6.54 Å². The van der Waals surface area contributed by atoms with Gasteiger partial charge in [-0.3, -0.25) is 9.59 Å². The van der Waals surface area contributed by atoms with Crippen molar-refractivity contribution >= 4 is 17.5 Å². The monoisotopic (exact) mass is 379 g/mol. The highest BCUT2D eigenvalue weighted by Gasteiger charge is 2.21. The summed E-state index contributed by atoms with van der Waals surface area (Å²) in [7, 11) is 2.04. The molecule has 1 aliphatic heterocycles. The van der Waals surface area contributed by atoms with E-state index in [1.165, 1.54) is 5.56 Å². The number of carbonyl (C=O) groups is 2. The van der Waals surface area contributed by atoms with Crippen LogP contribution in [0.5, 0.6) is 0 Å². The number of nitrogens with one attached hydrogen (secondary N) is 1. The minimum atomic E-state index is -0.221. The van der Waals surface area contributed by atoms with Gasteiger partial charge in [-0.2, -0.15) is 0 Å². The molecule has 0 spiro atoms. The molecule has 148 valence electrons. The summed E-state index contributed by atoms with van der Waals surface area (Å²) in [5, 5.41) is 2.77. The van der Waals surface area contributed by atoms with Gasteiger partial charge < -0.3 is 15.1 Å². The van der Waals surface area contributed by atoms with E-state index in [2.05, 4.69) is 37.1 Å². The van der Waals surface area contributed by atoms with E-state index in [-0.39, 0.29) is 23.8 Å². The zero-order valence-corrected chi connectivity index (χ0v) is 17.2. The number of likely N-dealkylation sites (N-methyl/N-ethyl adjacent to an activating group) is 1. The highest BCUT2D eigenvalue weighted by atomic mass is 16.2. The van der Waals surface area contributed by atoms with E-state index in [4.69, 9.17) is 0 Å². The highest BCUT2D eigenvalue weighted by molar-refractivity contribution is 5.96. The van der Waals surface area contributed by atoms with E-state index in [0.29, 0.717) is 18.7 Å². The number of fused-ring (bicyclic) bond motifs is 1. The zero-order chi connectivity index (χ0) is 20.3. The van der Waals surface area contributed by atoms with Gasteiger partial charge in [0, 0.05) is 37.9 Å². The van der Waals surface area contributed by atoms with Crippen molar-refractivity contribution in [2.24, 2.45) is 0 Å². The molecule has 1 heterocycles. The minimum absolute atomic E-state index is 0.00569. The van der Waals surface area contributed by atoms with Crippen LogP contribution in [-0.4, -0.2) is 43.4 Å². The van der Waals surface area contributed by atoms with E-state index >= 15 is 0 Å². The Hall–Kier alpha value is -2.82. The highest BCUT2D eigenvalue weighted by Crippen LogP contribution is 2.24. The molecule has 28 heavy (non-hydrogen) atoms. The minimum Gasteiger partial charge on any atom is -0.373 e. The molecule has 0 atom stereocenters. The summed E-state index contributed by atoms with van der Waals surface area (Å²) in [5.41, 5.74) is 4.07. The maximum atomic E-state index is 12.7. The molecule has 3 rings (SSSR count). The van der Waals surface area contributed by atoms with Crippen LogP contribution in [0, 0.1) is 0 Å². The number of nitrogens with zero attached hydrogens (tertiary/aromatic N) is 2. The van der Waals surface area contributed by atoms with Gasteiger partial charge in [-0.25, -0.2) is 0 Å². The first-order valence-electron chi connectivity index (χ1n) is 9.71. The van der Waals surface area contributed by atoms with Gasteiger partial charge in [-0.05, 0) is 34.7 Å². The van der Waals surface area contributed by atoms with Gasteiger partial charge in [0.25, 0.3) is 5.91 Å². The third kappa shape index (κ3) is 4.53. The van der Waals surface area contributed by atoms with Crippen molar-refractivity contribution in [2.45, 2.75) is 32.7 Å². The first-order valence-corrected chi connectivity index (χ1v) is 9.71. The molecule has 1 aliphatic rings. The third-order valence-electron chi connectivity index (χ3n) is 5.24. The van der Waals surface area contributed by atoms with Crippen LogP contribution in [0.1, 0.15) is 42.3 Å². The van der Waals surface area contributed by atoms with Crippen LogP contribution in [0.15, 0.2) is 48.5 Å². The summed E-state index contributed by atoms with van der Waals surface area (Å²) >= 11 is 0. The lowest BCUT2D eigenvalue weighted by Crippen LogP contribution is -2.41. The molecule has 1 N–H and O–H groups in total. The van der Waals surface area contributed by atoms with Crippen molar-refractivity contribution in [3.8, 4) is 0 Å². The third-order valence-corrected chi connectivity index (χ3v) is 5.24. The average Bonchev–Trinajstić information content (AvgIpc) is 2.84. The molecule has 0 saturated heterocycles. The zero-order valence-electron chi connectivity index (χ0n) is 17.2. The van der Waals surface area contributed by atoms with Gasteiger partial charge in [0.2, 0.25) is 5.91 Å². The number of hydrogen-bond donors (Lipinski definition) is 1. The molecule has 5 nitrogen and oxygen atoms in total. The fourth-order valence-corrected chi connectivity index (χ4v) is 3.40. The Morgan fingerprint density at radius 1 is 1.00 bits per heavy atom. The van der Waals surface area contributed by atoms with Gasteiger partial charge >= 0.3 is 0 Å². The predicted molar refractivity (Wildman–Crippen MR) is 113 cm³/mol. The molecule has 0 unspecified atom stereocenters. The number of anilines is 1. The average molecular weight is 380 g/mol. The summed E-state index contributed by atoms with van der Waals surface area (Å²) in [6.07, 6.45) is 0. The summed E-state index contributed by atoms with van der Waals surface area (Å²) in [4.78, 5) is 29.1. The number of amides is 2. The molecule has 0 radical (unpaired) electrons. The number of rotatable bonds is 3. The molecular weight excluding hydrogens is 350 g/mol. The van der Waals surface area contributed by atoms with Crippen molar-refractivity contribution in [3.63, 3.8) is 0 Å². The van der Waals surface area contributed by atoms with Crippen molar-refractivity contribution in [3.05, 3.63) is 65.2 Å². The van der Waals surface area contributed by atoms with Crippen molar-refractivity contribution in [1.29, 1.82) is 0 Å². The standard InChI is InChI=1S/C23H29N3O2/c1-23(2,3)19-11-9-17(10-12-19)22(28)24-15-21(27)26-14-13-25(4)20-8-6-5-7-18(20)16-26/h5-12H,13-16H2,1-4H3,(H,24,28). The van der Waals surface area contributed by atoms with E-state index < -0.39 is 0 Å². The number of benzene rings is 2. The summed E-state index contributed by atoms with van der Waals surface area (Å²) in [5.74, 6) is -0.286. The normalized spacial score (nSPS) is 14.3. The molecule has 0 aliphatic carbocycles. The fraction of sp³-hybridized carbons (Fsp3) is 0.391. The number of hydrogen-bond acceptors (Lipinski definition) is 3. The molecule has 0 saturated carbocycles. The van der Waals surface area contributed by atoms with Gasteiger partial charge in [-0.1, -0.05) is 51.1 Å². The lowest BCUT2D eigenvalue weighted by molar-refractivity contribution is -0.130. The lowest BCUT2D eigenvalue weighted by atomic mass is 9.87. The molecular formula is C23H29N3O2. The second-order valence-electron chi connectivity index (χ2n) is 8.38. The first-order chi connectivity index (χ1) is 13.3. The van der Waals surface area contributed by atoms with Crippen LogP contribution in [0.2, 0.25) is 0 Å². The van der Waals surface area contributed by atoms with Gasteiger partial charge in [0.1, 0.15) is 0 Å². The SMILES string of the molecule is CN1CCN(C(=O)CNC(=O)c2ccc(C(C)(C)C)cc2)Cc2ccccc21. The Morgan fingerprint density at radius 2 is 1.68 bits per heavy atom. The number of para-hydroxylation sites is 1. The van der Waals surface area contributed by atoms with Crippen molar-refractivity contribution in [1.82, 2.24) is 10.2 Å². The Balaban J connectivity index is 1.60. The van der Waals surface area contributed by atoms with Crippen LogP contribution in [0.25, 0.3) is 0 Å². The van der Waals surface area contributed by atoms with E-state index in [0.717, 1.165) is 17.8 Å². The fourth-order valence-electron chi connectivity index (χ4n) is 3.40. The Bertz CT molecular complexity index is 853. The Morgan fingerprint density at radius 3 is 2.36 bits per heavy atom. The summed E-state index contributed by atoms with van der Waals surface area (Å²) in [6, 6.07) is 15.7. The van der Waals surface area contributed by atoms with Gasteiger partial charge in [-0.15, -0.1) is 0 Å². The number of carbonyl (C=O) groups excluding carboxylic acids is 2. The summed E-state index contributed by atoms with van der Waals surface area (Å²) in [6.45, 7) is 8.39. The van der Waals surface area contributed by atoms with Crippen LogP contribution in [-0.2, 0) is 16.8 Å². The maximum absolute atomic E-state index is 12.7. The van der Waals surface area contributed by atoms with Crippen LogP contribution >= 0.6 is 0 Å². The second-order valence-corrected chi connectivity index (χ2v) is 8.38. The van der Waals surface area contributed by atoms with Crippen molar-refractivity contribution < 1.29 is 9.59 Å². The van der Waals surface area contributed by atoms with Crippen LogP contribution in [0.4, 0.5) is 5.69 Å². The van der Waals surface area contributed by atoms with E-state index in [9.17, 15) is 9.59 Å². The molecule has 2 amide bonds. The molecule has 2 aromatic carbocycles. The van der Waals surface area contributed by atoms with E-state index in [1.54, 1.807) is 0 Å². The second kappa shape index (κ2) is 8.05. The van der Waals surface area contributed by atoms with Crippen LogP contribution in [0.3, 0.4) is 0 Å². The molecule has 5 heteroatoms. The Labute approximate surface area is 167 Å². The molecule has 2 aromatic rings. The lowest BCUT2D eigenvalue weighted by Gasteiger charge is -2.21. The first kappa shape index (κ1) is 19.9. The largest absolute Gasteiger partial charge is 0.373 e. The molecule has 0 aromatic heterocycles. The predicted octanol–water partition coefficient (Wildman–Crippen LogP) is 3.19. The smallest absolute Gasteiger partial charge is 0.251 e. The van der Waals surface area contributed by atoms with Gasteiger partial charge in [0.15, 0.2) is 0 Å². The molecule has 0 fully saturated rings. The van der Waals surface area contributed by atoms with Crippen LogP contribution < -0.4 is 10.2 Å². The molecule has 0 bridgehead atoms. The quantitative estimate of drug-likeness (QED) is 0.891. The Kier molecular flexibility index (Phi) is 5.73. The topological polar surface area (TPSA) is 52.6 Å².